The van der Waals surface area contributed by atoms with Crippen LogP contribution in [0.4, 0.5) is 19.1 Å². The fourth-order valence-corrected chi connectivity index (χ4v) is 4.75. The summed E-state index contributed by atoms with van der Waals surface area (Å²) in [5.41, 5.74) is 2.14. The summed E-state index contributed by atoms with van der Waals surface area (Å²) in [7, 11) is 4.50. The number of nitrogens with zero attached hydrogens (tertiary/aromatic N) is 4. The summed E-state index contributed by atoms with van der Waals surface area (Å²) in [6.07, 6.45) is -1.20. The predicted molar refractivity (Wildman–Crippen MR) is 121 cm³/mol. The third-order valence-electron chi connectivity index (χ3n) is 6.33. The van der Waals surface area contributed by atoms with Gasteiger partial charge < -0.3 is 19.5 Å². The molecule has 36 heavy (non-hydrogen) atoms. The van der Waals surface area contributed by atoms with Crippen LogP contribution in [0.1, 0.15) is 41.8 Å². The molecule has 3 heterocycles. The highest BCUT2D eigenvalue weighted by Gasteiger charge is 2.43. The average molecular weight is 501 g/mol. The maximum absolute atomic E-state index is 13.6. The molecule has 0 saturated carbocycles. The van der Waals surface area contributed by atoms with Crippen molar-refractivity contribution in [3.8, 4) is 17.2 Å². The number of Topliss-reactive ketones (excluding diaryl/α,β-unsaturated/α-hetero) is 1. The summed E-state index contributed by atoms with van der Waals surface area (Å²) in [6, 6.07) is 6.02. The minimum atomic E-state index is -4.74. The predicted octanol–water partition coefficient (Wildman–Crippen LogP) is 4.13. The van der Waals surface area contributed by atoms with Crippen LogP contribution in [-0.2, 0) is 11.0 Å². The highest BCUT2D eigenvalue weighted by molar-refractivity contribution is 6.00. The molecule has 1 N–H and O–H groups in total. The number of hydrogen-bond donors (Lipinski definition) is 1. The monoisotopic (exact) mass is 501 g/mol. The molecular formula is C24H22F3N5O4. The molecule has 1 aliphatic carbocycles. The molecule has 5 rings (SSSR count). The maximum atomic E-state index is 13.6. The summed E-state index contributed by atoms with van der Waals surface area (Å²) >= 11 is 0. The summed E-state index contributed by atoms with van der Waals surface area (Å²) in [4.78, 5) is 21.3. The van der Waals surface area contributed by atoms with E-state index in [0.29, 0.717) is 40.5 Å². The number of nitrogens with one attached hydrogen (secondary N) is 1. The van der Waals surface area contributed by atoms with Crippen molar-refractivity contribution in [2.45, 2.75) is 31.0 Å². The van der Waals surface area contributed by atoms with E-state index in [2.05, 4.69) is 20.4 Å². The first-order valence-electron chi connectivity index (χ1n) is 11.0. The topological polar surface area (TPSA) is 100 Å². The first kappa shape index (κ1) is 23.6. The first-order valence-corrected chi connectivity index (χ1v) is 11.0. The molecule has 2 aromatic heterocycles. The van der Waals surface area contributed by atoms with Crippen LogP contribution in [0.25, 0.3) is 0 Å². The number of allylic oxidation sites excluding steroid dienone is 2. The quantitative estimate of drug-likeness (QED) is 0.557. The van der Waals surface area contributed by atoms with E-state index in [1.54, 1.807) is 30.5 Å². The van der Waals surface area contributed by atoms with Crippen molar-refractivity contribution in [2.24, 2.45) is 0 Å². The molecule has 0 amide bonds. The highest BCUT2D eigenvalue weighted by atomic mass is 19.4. The summed E-state index contributed by atoms with van der Waals surface area (Å²) < 4.78 is 57.7. The van der Waals surface area contributed by atoms with Crippen molar-refractivity contribution >= 4 is 11.7 Å². The van der Waals surface area contributed by atoms with Gasteiger partial charge in [0.15, 0.2) is 17.3 Å². The van der Waals surface area contributed by atoms with Crippen molar-refractivity contribution in [2.75, 3.05) is 26.6 Å². The molecule has 2 atom stereocenters. The number of benzene rings is 1. The summed E-state index contributed by atoms with van der Waals surface area (Å²) in [6.45, 7) is 0. The Balaban J connectivity index is 1.60. The van der Waals surface area contributed by atoms with Crippen LogP contribution >= 0.6 is 0 Å². The number of aromatic nitrogens is 4. The standard InChI is InChI=1S/C24H22F3N5O4/c1-34-17-9-14(10-18(35-2)21(17)36-3)13-7-15-19(16(33)8-13)20(12-5-4-6-28-11-12)32-23(29-15)30-22(31-32)24(25,26)27/h4-6,9-11,13,20H,7-8H2,1-3H3,(H,29,30,31)/t13-,20+/m1/s1. The number of rotatable bonds is 5. The first-order chi connectivity index (χ1) is 17.2. The number of methoxy groups -OCH3 is 3. The average Bonchev–Trinajstić information content (AvgIpc) is 3.31. The molecule has 188 valence electrons. The van der Waals surface area contributed by atoms with Gasteiger partial charge in [0, 0.05) is 30.1 Å². The van der Waals surface area contributed by atoms with Crippen molar-refractivity contribution in [3.05, 3.63) is 64.9 Å². The van der Waals surface area contributed by atoms with E-state index in [9.17, 15) is 18.0 Å². The Morgan fingerprint density at radius 3 is 2.36 bits per heavy atom. The Bertz CT molecular complexity index is 1330. The van der Waals surface area contributed by atoms with E-state index in [1.165, 1.54) is 27.5 Å². The van der Waals surface area contributed by atoms with Crippen LogP contribution in [0.2, 0.25) is 0 Å². The Kier molecular flexibility index (Phi) is 5.81. The van der Waals surface area contributed by atoms with Crippen LogP contribution in [-0.4, -0.2) is 46.9 Å². The second-order valence-corrected chi connectivity index (χ2v) is 8.39. The summed E-state index contributed by atoms with van der Waals surface area (Å²) in [5.74, 6) is -0.571. The number of carbonyl (C=O) groups excluding carboxylic acids is 1. The van der Waals surface area contributed by atoms with Gasteiger partial charge in [-0.05, 0) is 41.7 Å². The van der Waals surface area contributed by atoms with E-state index in [1.807, 2.05) is 0 Å². The lowest BCUT2D eigenvalue weighted by atomic mass is 9.78. The molecule has 0 bridgehead atoms. The molecule has 9 nitrogen and oxygen atoms in total. The van der Waals surface area contributed by atoms with Gasteiger partial charge in [0.1, 0.15) is 6.04 Å². The number of fused-ring (bicyclic) bond motifs is 1. The Morgan fingerprint density at radius 1 is 1.06 bits per heavy atom. The zero-order chi connectivity index (χ0) is 25.6. The molecule has 12 heteroatoms. The van der Waals surface area contributed by atoms with Gasteiger partial charge in [-0.25, -0.2) is 4.68 Å². The number of halogens is 3. The Labute approximate surface area is 203 Å². The number of carbonyl (C=O) groups is 1. The maximum Gasteiger partial charge on any atom is 0.453 e. The van der Waals surface area contributed by atoms with Gasteiger partial charge in [0.2, 0.25) is 11.7 Å². The Morgan fingerprint density at radius 2 is 1.78 bits per heavy atom. The van der Waals surface area contributed by atoms with E-state index in [4.69, 9.17) is 14.2 Å². The fourth-order valence-electron chi connectivity index (χ4n) is 4.75. The summed E-state index contributed by atoms with van der Waals surface area (Å²) in [5, 5.41) is 6.65. The Hall–Kier alpha value is -4.09. The van der Waals surface area contributed by atoms with E-state index in [0.717, 1.165) is 10.2 Å². The van der Waals surface area contributed by atoms with Crippen molar-refractivity contribution < 1.29 is 32.2 Å². The molecule has 0 saturated heterocycles. The van der Waals surface area contributed by atoms with Crippen molar-refractivity contribution in [3.63, 3.8) is 0 Å². The zero-order valence-electron chi connectivity index (χ0n) is 19.6. The van der Waals surface area contributed by atoms with Gasteiger partial charge in [-0.1, -0.05) is 6.07 Å². The largest absolute Gasteiger partial charge is 0.493 e. The van der Waals surface area contributed by atoms with Gasteiger partial charge in [0.25, 0.3) is 5.82 Å². The van der Waals surface area contributed by atoms with Gasteiger partial charge in [-0.2, -0.15) is 18.2 Å². The molecule has 1 aliphatic heterocycles. The van der Waals surface area contributed by atoms with E-state index in [-0.39, 0.29) is 24.1 Å². The zero-order valence-corrected chi connectivity index (χ0v) is 19.6. The lowest BCUT2D eigenvalue weighted by Crippen LogP contribution is -2.33. The smallest absolute Gasteiger partial charge is 0.453 e. The van der Waals surface area contributed by atoms with Crippen LogP contribution in [0, 0.1) is 0 Å². The number of ketones is 1. The van der Waals surface area contributed by atoms with E-state index >= 15 is 0 Å². The molecular weight excluding hydrogens is 479 g/mol. The van der Waals surface area contributed by atoms with Gasteiger partial charge in [-0.3, -0.25) is 9.78 Å². The lowest BCUT2D eigenvalue weighted by molar-refractivity contribution is -0.145. The molecule has 2 aliphatic rings. The minimum absolute atomic E-state index is 0.0896. The van der Waals surface area contributed by atoms with Gasteiger partial charge >= 0.3 is 6.18 Å². The number of hydrogen-bond acceptors (Lipinski definition) is 8. The minimum Gasteiger partial charge on any atom is -0.493 e. The molecule has 0 unspecified atom stereocenters. The van der Waals surface area contributed by atoms with Crippen molar-refractivity contribution in [1.82, 2.24) is 19.7 Å². The number of anilines is 1. The third-order valence-corrected chi connectivity index (χ3v) is 6.33. The number of ether oxygens (including phenoxy) is 3. The van der Waals surface area contributed by atoms with Gasteiger partial charge in [-0.15, -0.1) is 5.10 Å². The normalized spacial score (nSPS) is 19.3. The molecule has 3 aromatic rings. The second-order valence-electron chi connectivity index (χ2n) is 8.39. The number of pyridine rings is 1. The van der Waals surface area contributed by atoms with Crippen LogP contribution < -0.4 is 19.5 Å². The van der Waals surface area contributed by atoms with Crippen LogP contribution in [0.5, 0.6) is 17.2 Å². The van der Waals surface area contributed by atoms with Crippen LogP contribution in [0.3, 0.4) is 0 Å². The van der Waals surface area contributed by atoms with Crippen molar-refractivity contribution in [1.29, 1.82) is 0 Å². The molecule has 0 spiro atoms. The lowest BCUT2D eigenvalue weighted by Gasteiger charge is -2.35. The SMILES string of the molecule is COc1cc([C@H]2CC(=O)C3=C(C2)Nc2nc(C(F)(F)F)nn2[C@H]3c2cccnc2)cc(OC)c1OC. The molecule has 0 fully saturated rings. The second kappa shape index (κ2) is 8.85. The highest BCUT2D eigenvalue weighted by Crippen LogP contribution is 2.47. The van der Waals surface area contributed by atoms with Crippen LogP contribution in [0.15, 0.2) is 47.9 Å². The number of alkyl halides is 3. The molecule has 1 aromatic carbocycles. The van der Waals surface area contributed by atoms with Gasteiger partial charge in [0.05, 0.1) is 21.3 Å². The fraction of sp³-hybridized carbons (Fsp3) is 0.333. The third kappa shape index (κ3) is 3.91. The molecule has 0 radical (unpaired) electrons. The van der Waals surface area contributed by atoms with E-state index < -0.39 is 18.0 Å².